The van der Waals surface area contributed by atoms with Gasteiger partial charge in [-0.15, -0.1) is 0 Å². The minimum atomic E-state index is -0.284. The van der Waals surface area contributed by atoms with Crippen molar-refractivity contribution in [1.82, 2.24) is 9.97 Å². The molecule has 1 aromatic heterocycles. The van der Waals surface area contributed by atoms with Crippen LogP contribution in [0.2, 0.25) is 0 Å². The van der Waals surface area contributed by atoms with E-state index in [9.17, 15) is 4.39 Å². The fourth-order valence-electron chi connectivity index (χ4n) is 1.56. The van der Waals surface area contributed by atoms with Crippen LogP contribution in [0.3, 0.4) is 0 Å². The van der Waals surface area contributed by atoms with Crippen molar-refractivity contribution < 1.29 is 4.39 Å². The Labute approximate surface area is 98.9 Å². The maximum absolute atomic E-state index is 13.1. The molecule has 88 valence electrons. The van der Waals surface area contributed by atoms with Gasteiger partial charge in [0.1, 0.15) is 23.3 Å². The van der Waals surface area contributed by atoms with Gasteiger partial charge in [0, 0.05) is 18.8 Å². The molecule has 0 atom stereocenters. The quantitative estimate of drug-likeness (QED) is 0.863. The fraction of sp³-hybridized carbons (Fsp3) is 0.167. The van der Waals surface area contributed by atoms with E-state index in [-0.39, 0.29) is 5.82 Å². The lowest BCUT2D eigenvalue weighted by Crippen LogP contribution is -2.13. The maximum Gasteiger partial charge on any atom is 0.138 e. The Morgan fingerprint density at radius 3 is 2.65 bits per heavy atom. The summed E-state index contributed by atoms with van der Waals surface area (Å²) in [6, 6.07) is 7.94. The third kappa shape index (κ3) is 2.50. The van der Waals surface area contributed by atoms with Gasteiger partial charge in [0.25, 0.3) is 0 Å². The summed E-state index contributed by atoms with van der Waals surface area (Å²) in [7, 11) is 1.80. The molecule has 17 heavy (non-hydrogen) atoms. The third-order valence-corrected chi connectivity index (χ3v) is 2.38. The molecule has 0 aliphatic carbocycles. The van der Waals surface area contributed by atoms with Crippen LogP contribution in [0.5, 0.6) is 0 Å². The van der Waals surface area contributed by atoms with E-state index in [4.69, 9.17) is 5.73 Å². The summed E-state index contributed by atoms with van der Waals surface area (Å²) in [5.41, 5.74) is 6.36. The molecule has 0 saturated carbocycles. The number of aryl methyl sites for hydroxylation is 1. The lowest BCUT2D eigenvalue weighted by molar-refractivity contribution is 0.628. The van der Waals surface area contributed by atoms with Crippen molar-refractivity contribution >= 4 is 17.3 Å². The molecule has 0 radical (unpaired) electrons. The number of benzene rings is 1. The monoisotopic (exact) mass is 232 g/mol. The molecule has 4 nitrogen and oxygen atoms in total. The van der Waals surface area contributed by atoms with Gasteiger partial charge in [0.05, 0.1) is 0 Å². The second kappa shape index (κ2) is 4.37. The van der Waals surface area contributed by atoms with E-state index < -0.39 is 0 Å². The van der Waals surface area contributed by atoms with Crippen molar-refractivity contribution in [2.24, 2.45) is 0 Å². The van der Waals surface area contributed by atoms with Crippen molar-refractivity contribution in [3.05, 3.63) is 42.0 Å². The number of anilines is 3. The molecule has 2 aromatic rings. The van der Waals surface area contributed by atoms with Crippen molar-refractivity contribution in [1.29, 1.82) is 0 Å². The zero-order valence-electron chi connectivity index (χ0n) is 9.68. The summed E-state index contributed by atoms with van der Waals surface area (Å²) < 4.78 is 13.1. The van der Waals surface area contributed by atoms with Crippen molar-refractivity contribution in [2.75, 3.05) is 17.7 Å². The van der Waals surface area contributed by atoms with Crippen molar-refractivity contribution in [3.63, 3.8) is 0 Å². The van der Waals surface area contributed by atoms with E-state index in [1.165, 1.54) is 12.1 Å². The van der Waals surface area contributed by atoms with Gasteiger partial charge in [-0.25, -0.2) is 14.4 Å². The number of aromatic nitrogens is 2. The van der Waals surface area contributed by atoms with Gasteiger partial charge in [-0.2, -0.15) is 0 Å². The molecule has 0 bridgehead atoms. The standard InChI is InChI=1S/C12H13FN4/c1-8-15-11(14)7-12(16-8)17(2)10-5-3-4-9(13)6-10/h3-7H,1-2H3,(H2,14,15,16). The minimum absolute atomic E-state index is 0.284. The Balaban J connectivity index is 2.39. The second-order valence-corrected chi connectivity index (χ2v) is 3.74. The molecule has 1 aromatic carbocycles. The molecule has 0 aliphatic heterocycles. The highest BCUT2D eigenvalue weighted by atomic mass is 19.1. The first-order valence-electron chi connectivity index (χ1n) is 5.17. The van der Waals surface area contributed by atoms with Crippen molar-refractivity contribution in [2.45, 2.75) is 6.92 Å². The highest BCUT2D eigenvalue weighted by molar-refractivity contribution is 5.61. The van der Waals surface area contributed by atoms with Crippen molar-refractivity contribution in [3.8, 4) is 0 Å². The molecule has 5 heteroatoms. The van der Waals surface area contributed by atoms with Gasteiger partial charge in [0.2, 0.25) is 0 Å². The summed E-state index contributed by atoms with van der Waals surface area (Å²) >= 11 is 0. The zero-order chi connectivity index (χ0) is 12.4. The topological polar surface area (TPSA) is 55.0 Å². The molecule has 0 unspecified atom stereocenters. The van der Waals surface area contributed by atoms with E-state index in [0.717, 1.165) is 0 Å². The lowest BCUT2D eigenvalue weighted by atomic mass is 10.3. The third-order valence-electron chi connectivity index (χ3n) is 2.38. The predicted molar refractivity (Wildman–Crippen MR) is 65.6 cm³/mol. The fourth-order valence-corrected chi connectivity index (χ4v) is 1.56. The van der Waals surface area contributed by atoms with Crippen LogP contribution in [-0.4, -0.2) is 17.0 Å². The molecule has 0 aliphatic rings. The molecule has 1 heterocycles. The molecule has 0 amide bonds. The Bertz CT molecular complexity index is 522. The minimum Gasteiger partial charge on any atom is -0.384 e. The number of nitrogens with two attached hydrogens (primary N) is 1. The summed E-state index contributed by atoms with van der Waals surface area (Å²) in [6.07, 6.45) is 0. The van der Waals surface area contributed by atoms with Crippen LogP contribution < -0.4 is 10.6 Å². The van der Waals surface area contributed by atoms with Crippen LogP contribution in [0.4, 0.5) is 21.7 Å². The SMILES string of the molecule is Cc1nc(N)cc(N(C)c2cccc(F)c2)n1. The largest absolute Gasteiger partial charge is 0.384 e. The number of rotatable bonds is 2. The number of nitrogens with zero attached hydrogens (tertiary/aromatic N) is 3. The van der Waals surface area contributed by atoms with Gasteiger partial charge in [0.15, 0.2) is 0 Å². The lowest BCUT2D eigenvalue weighted by Gasteiger charge is -2.18. The highest BCUT2D eigenvalue weighted by Crippen LogP contribution is 2.23. The van der Waals surface area contributed by atoms with E-state index in [1.807, 2.05) is 0 Å². The van der Waals surface area contributed by atoms with E-state index >= 15 is 0 Å². The summed E-state index contributed by atoms with van der Waals surface area (Å²) in [6.45, 7) is 1.76. The highest BCUT2D eigenvalue weighted by Gasteiger charge is 2.08. The van der Waals surface area contributed by atoms with Crippen LogP contribution in [0.15, 0.2) is 30.3 Å². The summed E-state index contributed by atoms with van der Waals surface area (Å²) in [5.74, 6) is 1.34. The first kappa shape index (κ1) is 11.3. The first-order chi connectivity index (χ1) is 8.06. The second-order valence-electron chi connectivity index (χ2n) is 3.74. The van der Waals surface area contributed by atoms with Crippen LogP contribution in [0, 0.1) is 12.7 Å². The maximum atomic E-state index is 13.1. The smallest absolute Gasteiger partial charge is 0.138 e. The van der Waals surface area contributed by atoms with Gasteiger partial charge >= 0.3 is 0 Å². The molecule has 2 N–H and O–H groups in total. The number of nitrogen functional groups attached to an aromatic ring is 1. The average Bonchev–Trinajstić information content (AvgIpc) is 2.26. The Morgan fingerprint density at radius 1 is 1.24 bits per heavy atom. The molecular weight excluding hydrogens is 219 g/mol. The van der Waals surface area contributed by atoms with Gasteiger partial charge in [-0.3, -0.25) is 0 Å². The van der Waals surface area contributed by atoms with Gasteiger partial charge < -0.3 is 10.6 Å². The van der Waals surface area contributed by atoms with Crippen LogP contribution in [0.25, 0.3) is 0 Å². The van der Waals surface area contributed by atoms with E-state index in [2.05, 4.69) is 9.97 Å². The van der Waals surface area contributed by atoms with Crippen LogP contribution in [0.1, 0.15) is 5.82 Å². The first-order valence-corrected chi connectivity index (χ1v) is 5.17. The molecule has 0 fully saturated rings. The molecule has 2 rings (SSSR count). The number of halogens is 1. The molecular formula is C12H13FN4. The Hall–Kier alpha value is -2.17. The normalized spacial score (nSPS) is 10.3. The zero-order valence-corrected chi connectivity index (χ0v) is 9.68. The molecule has 0 spiro atoms. The van der Waals surface area contributed by atoms with E-state index in [0.29, 0.717) is 23.1 Å². The summed E-state index contributed by atoms with van der Waals surface area (Å²) in [4.78, 5) is 10.0. The van der Waals surface area contributed by atoms with E-state index in [1.54, 1.807) is 37.1 Å². The van der Waals surface area contributed by atoms with Gasteiger partial charge in [-0.1, -0.05) is 6.07 Å². The number of hydrogen-bond acceptors (Lipinski definition) is 4. The predicted octanol–water partition coefficient (Wildman–Crippen LogP) is 2.27. The molecule has 0 saturated heterocycles. The summed E-state index contributed by atoms with van der Waals surface area (Å²) in [5, 5.41) is 0. The number of hydrogen-bond donors (Lipinski definition) is 1. The van der Waals surface area contributed by atoms with Gasteiger partial charge in [-0.05, 0) is 25.1 Å². The Morgan fingerprint density at radius 2 is 2.00 bits per heavy atom. The Kier molecular flexibility index (Phi) is 2.91. The van der Waals surface area contributed by atoms with Crippen LogP contribution >= 0.6 is 0 Å². The van der Waals surface area contributed by atoms with Crippen LogP contribution in [-0.2, 0) is 0 Å². The average molecular weight is 232 g/mol.